The molecule has 2 rings (SSSR count). The zero-order valence-corrected chi connectivity index (χ0v) is 12.6. The highest BCUT2D eigenvalue weighted by molar-refractivity contribution is 5.77. The van der Waals surface area contributed by atoms with Crippen LogP contribution in [0.4, 0.5) is 13.2 Å². The number of hydrogen-bond acceptors (Lipinski definition) is 3. The van der Waals surface area contributed by atoms with Crippen molar-refractivity contribution in [2.45, 2.75) is 12.3 Å². The largest absolute Gasteiger partial charge is 0.484 e. The molecule has 0 aromatic heterocycles. The topological polar surface area (TPSA) is 58.6 Å². The second kappa shape index (κ2) is 7.83. The molecule has 0 heterocycles. The third-order valence-corrected chi connectivity index (χ3v) is 3.23. The number of para-hydroxylation sites is 1. The van der Waals surface area contributed by atoms with Crippen LogP contribution in [0.3, 0.4) is 0 Å². The van der Waals surface area contributed by atoms with E-state index in [-0.39, 0.29) is 18.7 Å². The van der Waals surface area contributed by atoms with Crippen LogP contribution in [-0.4, -0.2) is 24.2 Å². The molecule has 0 saturated carbocycles. The Labute approximate surface area is 136 Å². The summed E-state index contributed by atoms with van der Waals surface area (Å²) in [5.74, 6) is 0.0979. The number of alkyl halides is 3. The predicted molar refractivity (Wildman–Crippen MR) is 81.4 cm³/mol. The molecule has 0 fully saturated rings. The van der Waals surface area contributed by atoms with Crippen LogP contribution in [0.25, 0.3) is 0 Å². The van der Waals surface area contributed by atoms with Gasteiger partial charge in [0.05, 0.1) is 11.7 Å². The SMILES string of the molecule is O=C(COc1ccccc1)NCC(O)c1ccc(C(F)(F)F)cc1. The lowest BCUT2D eigenvalue weighted by Gasteiger charge is -2.14. The van der Waals surface area contributed by atoms with Gasteiger partial charge in [-0.2, -0.15) is 13.2 Å². The smallest absolute Gasteiger partial charge is 0.416 e. The summed E-state index contributed by atoms with van der Waals surface area (Å²) in [4.78, 5) is 11.6. The monoisotopic (exact) mass is 339 g/mol. The van der Waals surface area contributed by atoms with E-state index in [1.54, 1.807) is 24.3 Å². The van der Waals surface area contributed by atoms with E-state index in [1.165, 1.54) is 12.1 Å². The molecular formula is C17H16F3NO3. The molecule has 0 spiro atoms. The van der Waals surface area contributed by atoms with Crippen molar-refractivity contribution in [3.05, 3.63) is 65.7 Å². The summed E-state index contributed by atoms with van der Waals surface area (Å²) in [5.41, 5.74) is -0.508. The molecule has 2 aromatic carbocycles. The molecule has 1 amide bonds. The fraction of sp³-hybridized carbons (Fsp3) is 0.235. The molecule has 4 nitrogen and oxygen atoms in total. The Kier molecular flexibility index (Phi) is 5.81. The Morgan fingerprint density at radius 3 is 2.29 bits per heavy atom. The number of benzene rings is 2. The molecule has 24 heavy (non-hydrogen) atoms. The van der Waals surface area contributed by atoms with E-state index in [4.69, 9.17) is 4.74 Å². The van der Waals surface area contributed by atoms with Crippen LogP contribution in [0.15, 0.2) is 54.6 Å². The molecule has 2 N–H and O–H groups in total. The number of aliphatic hydroxyl groups excluding tert-OH is 1. The van der Waals surface area contributed by atoms with Gasteiger partial charge in [0.1, 0.15) is 5.75 Å². The second-order valence-corrected chi connectivity index (χ2v) is 5.04. The lowest BCUT2D eigenvalue weighted by atomic mass is 10.1. The van der Waals surface area contributed by atoms with Crippen LogP contribution in [0.1, 0.15) is 17.2 Å². The molecule has 1 unspecified atom stereocenters. The minimum Gasteiger partial charge on any atom is -0.484 e. The van der Waals surface area contributed by atoms with Crippen molar-refractivity contribution in [2.24, 2.45) is 0 Å². The van der Waals surface area contributed by atoms with E-state index >= 15 is 0 Å². The van der Waals surface area contributed by atoms with Crippen LogP contribution in [0.5, 0.6) is 5.75 Å². The highest BCUT2D eigenvalue weighted by atomic mass is 19.4. The number of halogens is 3. The van der Waals surface area contributed by atoms with E-state index < -0.39 is 23.8 Å². The fourth-order valence-electron chi connectivity index (χ4n) is 1.94. The van der Waals surface area contributed by atoms with E-state index in [9.17, 15) is 23.1 Å². The minimum atomic E-state index is -4.42. The number of carbonyl (C=O) groups excluding carboxylic acids is 1. The number of carbonyl (C=O) groups is 1. The first-order valence-electron chi connectivity index (χ1n) is 7.16. The normalized spacial score (nSPS) is 12.5. The first-order chi connectivity index (χ1) is 11.4. The molecule has 128 valence electrons. The fourth-order valence-corrected chi connectivity index (χ4v) is 1.94. The zero-order chi connectivity index (χ0) is 17.6. The number of aliphatic hydroxyl groups is 1. The lowest BCUT2D eigenvalue weighted by Crippen LogP contribution is -2.32. The van der Waals surface area contributed by atoms with Gasteiger partial charge in [0, 0.05) is 6.54 Å². The minimum absolute atomic E-state index is 0.123. The van der Waals surface area contributed by atoms with Gasteiger partial charge >= 0.3 is 6.18 Å². The van der Waals surface area contributed by atoms with Crippen molar-refractivity contribution in [2.75, 3.05) is 13.2 Å². The highest BCUT2D eigenvalue weighted by Crippen LogP contribution is 2.29. The maximum atomic E-state index is 12.5. The van der Waals surface area contributed by atoms with E-state index in [0.717, 1.165) is 12.1 Å². The summed E-state index contributed by atoms with van der Waals surface area (Å²) >= 11 is 0. The number of ether oxygens (including phenoxy) is 1. The standard InChI is InChI=1S/C17H16F3NO3/c18-17(19,20)13-8-6-12(7-9-13)15(22)10-21-16(23)11-24-14-4-2-1-3-5-14/h1-9,15,22H,10-11H2,(H,21,23). The van der Waals surface area contributed by atoms with Gasteiger partial charge in [-0.05, 0) is 29.8 Å². The lowest BCUT2D eigenvalue weighted by molar-refractivity contribution is -0.137. The van der Waals surface area contributed by atoms with E-state index in [1.807, 2.05) is 6.07 Å². The van der Waals surface area contributed by atoms with Gasteiger partial charge < -0.3 is 15.2 Å². The van der Waals surface area contributed by atoms with Crippen molar-refractivity contribution in [3.63, 3.8) is 0 Å². The third kappa shape index (κ3) is 5.27. The van der Waals surface area contributed by atoms with Crippen molar-refractivity contribution in [1.29, 1.82) is 0 Å². The third-order valence-electron chi connectivity index (χ3n) is 3.23. The van der Waals surface area contributed by atoms with Crippen LogP contribution in [0.2, 0.25) is 0 Å². The van der Waals surface area contributed by atoms with Crippen LogP contribution in [-0.2, 0) is 11.0 Å². The maximum Gasteiger partial charge on any atom is 0.416 e. The van der Waals surface area contributed by atoms with Gasteiger partial charge in [-0.3, -0.25) is 4.79 Å². The summed E-state index contributed by atoms with van der Waals surface area (Å²) < 4.78 is 42.6. The number of hydrogen-bond donors (Lipinski definition) is 2. The second-order valence-electron chi connectivity index (χ2n) is 5.04. The van der Waals surface area contributed by atoms with Crippen molar-refractivity contribution >= 4 is 5.91 Å². The van der Waals surface area contributed by atoms with Gasteiger partial charge in [-0.1, -0.05) is 30.3 Å². The first-order valence-corrected chi connectivity index (χ1v) is 7.16. The molecule has 0 aliphatic heterocycles. The summed E-state index contributed by atoms with van der Waals surface area (Å²) in [6, 6.07) is 12.9. The molecule has 0 radical (unpaired) electrons. The summed E-state index contributed by atoms with van der Waals surface area (Å²) in [6.45, 7) is -0.341. The van der Waals surface area contributed by atoms with Gasteiger partial charge in [0.15, 0.2) is 6.61 Å². The van der Waals surface area contributed by atoms with Crippen molar-refractivity contribution in [3.8, 4) is 5.75 Å². The molecule has 0 bridgehead atoms. The van der Waals surface area contributed by atoms with Crippen LogP contribution in [0, 0.1) is 0 Å². The summed E-state index contributed by atoms with van der Waals surface area (Å²) in [5, 5.41) is 12.4. The molecule has 0 aliphatic rings. The molecule has 0 aliphatic carbocycles. The molecular weight excluding hydrogens is 323 g/mol. The quantitative estimate of drug-likeness (QED) is 0.851. The summed E-state index contributed by atoms with van der Waals surface area (Å²) in [6.07, 6.45) is -5.53. The number of rotatable bonds is 6. The molecule has 7 heteroatoms. The van der Waals surface area contributed by atoms with Crippen molar-refractivity contribution < 1.29 is 27.8 Å². The van der Waals surface area contributed by atoms with Gasteiger partial charge in [0.25, 0.3) is 5.91 Å². The zero-order valence-electron chi connectivity index (χ0n) is 12.6. The van der Waals surface area contributed by atoms with E-state index in [2.05, 4.69) is 5.32 Å². The molecule has 1 atom stereocenters. The van der Waals surface area contributed by atoms with Gasteiger partial charge in [-0.25, -0.2) is 0 Å². The Hall–Kier alpha value is -2.54. The van der Waals surface area contributed by atoms with E-state index in [0.29, 0.717) is 5.75 Å². The molecule has 0 saturated heterocycles. The number of amides is 1. The first kappa shape index (κ1) is 17.8. The average molecular weight is 339 g/mol. The van der Waals surface area contributed by atoms with Crippen LogP contribution < -0.4 is 10.1 Å². The highest BCUT2D eigenvalue weighted by Gasteiger charge is 2.30. The Morgan fingerprint density at radius 1 is 1.08 bits per heavy atom. The van der Waals surface area contributed by atoms with Gasteiger partial charge in [-0.15, -0.1) is 0 Å². The Bertz CT molecular complexity index is 657. The molecule has 2 aromatic rings. The van der Waals surface area contributed by atoms with Gasteiger partial charge in [0.2, 0.25) is 0 Å². The van der Waals surface area contributed by atoms with Crippen molar-refractivity contribution in [1.82, 2.24) is 5.32 Å². The maximum absolute atomic E-state index is 12.5. The Morgan fingerprint density at radius 2 is 1.71 bits per heavy atom. The average Bonchev–Trinajstić information content (AvgIpc) is 2.58. The predicted octanol–water partition coefficient (Wildman–Crippen LogP) is 2.93. The number of nitrogens with one attached hydrogen (secondary N) is 1. The summed E-state index contributed by atoms with van der Waals surface area (Å²) in [7, 11) is 0. The van der Waals surface area contributed by atoms with Crippen LogP contribution >= 0.6 is 0 Å². The Balaban J connectivity index is 1.80.